The molecule has 2 aromatic carbocycles. The third-order valence-electron chi connectivity index (χ3n) is 2.41. The highest BCUT2D eigenvalue weighted by Gasteiger charge is 2.11. The van der Waals surface area contributed by atoms with Gasteiger partial charge in [0.2, 0.25) is 0 Å². The van der Waals surface area contributed by atoms with Crippen LogP contribution in [0.5, 0.6) is 5.75 Å². The zero-order valence-electron chi connectivity index (χ0n) is 9.45. The van der Waals surface area contributed by atoms with Crippen LogP contribution >= 0.6 is 39.1 Å². The maximum absolute atomic E-state index is 12.0. The molecule has 0 saturated heterocycles. The second-order valence-corrected chi connectivity index (χ2v) is 5.33. The lowest BCUT2D eigenvalue weighted by molar-refractivity contribution is 0.102. The minimum absolute atomic E-state index is 0.0675. The van der Waals surface area contributed by atoms with Crippen LogP contribution < -0.4 is 5.32 Å². The first kappa shape index (κ1) is 14.2. The van der Waals surface area contributed by atoms with Gasteiger partial charge < -0.3 is 10.4 Å². The van der Waals surface area contributed by atoms with Gasteiger partial charge in [0.25, 0.3) is 5.91 Å². The van der Waals surface area contributed by atoms with Gasteiger partial charge in [-0.3, -0.25) is 4.79 Å². The molecular formula is C13H8BrCl2NO2. The molecule has 0 unspecified atom stereocenters. The smallest absolute Gasteiger partial charge is 0.255 e. The van der Waals surface area contributed by atoms with Crippen molar-refractivity contribution in [2.45, 2.75) is 0 Å². The molecule has 0 bridgehead atoms. The van der Waals surface area contributed by atoms with Gasteiger partial charge in [-0.1, -0.05) is 29.3 Å². The van der Waals surface area contributed by atoms with Gasteiger partial charge in [-0.05, 0) is 46.3 Å². The molecule has 0 aliphatic heterocycles. The minimum Gasteiger partial charge on any atom is -0.506 e. The van der Waals surface area contributed by atoms with E-state index < -0.39 is 0 Å². The van der Waals surface area contributed by atoms with Crippen LogP contribution in [0.25, 0.3) is 0 Å². The maximum Gasteiger partial charge on any atom is 0.255 e. The molecule has 19 heavy (non-hydrogen) atoms. The summed E-state index contributed by atoms with van der Waals surface area (Å²) in [5, 5.41) is 12.6. The Kier molecular flexibility index (Phi) is 4.34. The van der Waals surface area contributed by atoms with Crippen LogP contribution in [0.3, 0.4) is 0 Å². The number of phenolic OH excluding ortho intramolecular Hbond substituents is 1. The van der Waals surface area contributed by atoms with Gasteiger partial charge >= 0.3 is 0 Å². The second kappa shape index (κ2) is 5.82. The Bertz CT molecular complexity index is 647. The predicted molar refractivity (Wildman–Crippen MR) is 80.2 cm³/mol. The fraction of sp³-hybridized carbons (Fsp3) is 0. The zero-order chi connectivity index (χ0) is 14.0. The number of carbonyl (C=O) groups is 1. The Morgan fingerprint density at radius 1 is 1.16 bits per heavy atom. The number of aromatic hydroxyl groups is 1. The highest BCUT2D eigenvalue weighted by molar-refractivity contribution is 9.10. The summed E-state index contributed by atoms with van der Waals surface area (Å²) in [5.74, 6) is -0.410. The van der Waals surface area contributed by atoms with Crippen LogP contribution in [0.15, 0.2) is 40.9 Å². The van der Waals surface area contributed by atoms with E-state index in [1.54, 1.807) is 18.2 Å². The van der Waals surface area contributed by atoms with E-state index in [4.69, 9.17) is 23.2 Å². The number of hydrogen-bond acceptors (Lipinski definition) is 2. The molecule has 0 atom stereocenters. The molecule has 0 fully saturated rings. The molecule has 6 heteroatoms. The lowest BCUT2D eigenvalue weighted by atomic mass is 10.2. The molecule has 3 nitrogen and oxygen atoms in total. The van der Waals surface area contributed by atoms with Crippen molar-refractivity contribution in [2.75, 3.05) is 5.32 Å². The molecule has 0 aromatic heterocycles. The summed E-state index contributed by atoms with van der Waals surface area (Å²) in [7, 11) is 0. The number of hydrogen-bond donors (Lipinski definition) is 2. The molecule has 0 aliphatic carbocycles. The third kappa shape index (κ3) is 3.21. The molecule has 2 N–H and O–H groups in total. The molecule has 0 aliphatic rings. The summed E-state index contributed by atoms with van der Waals surface area (Å²) in [6, 6.07) is 9.39. The summed E-state index contributed by atoms with van der Waals surface area (Å²) >= 11 is 15.0. The average molecular weight is 361 g/mol. The maximum atomic E-state index is 12.0. The van der Waals surface area contributed by atoms with Crippen LogP contribution in [0.4, 0.5) is 5.69 Å². The molecule has 2 aromatic rings. The molecule has 0 saturated carbocycles. The van der Waals surface area contributed by atoms with E-state index in [0.29, 0.717) is 20.7 Å². The van der Waals surface area contributed by atoms with E-state index in [9.17, 15) is 9.90 Å². The molecule has 0 spiro atoms. The SMILES string of the molecule is O=C(Nc1cccc(Cl)c1Br)c1ccc(O)c(Cl)c1. The lowest BCUT2D eigenvalue weighted by Gasteiger charge is -2.09. The summed E-state index contributed by atoms with van der Waals surface area (Å²) in [5.41, 5.74) is 0.899. The van der Waals surface area contributed by atoms with Crippen LogP contribution in [0, 0.1) is 0 Å². The van der Waals surface area contributed by atoms with Crippen LogP contribution in [0.2, 0.25) is 10.0 Å². The number of anilines is 1. The number of phenols is 1. The highest BCUT2D eigenvalue weighted by atomic mass is 79.9. The normalized spacial score (nSPS) is 10.3. The minimum atomic E-state index is -0.343. The third-order valence-corrected chi connectivity index (χ3v) is 4.11. The van der Waals surface area contributed by atoms with Crippen molar-refractivity contribution in [3.63, 3.8) is 0 Å². The Balaban J connectivity index is 2.26. The van der Waals surface area contributed by atoms with Crippen molar-refractivity contribution in [1.29, 1.82) is 0 Å². The van der Waals surface area contributed by atoms with Gasteiger partial charge in [-0.25, -0.2) is 0 Å². The van der Waals surface area contributed by atoms with Gasteiger partial charge in [0.15, 0.2) is 0 Å². The van der Waals surface area contributed by atoms with Crippen LogP contribution in [-0.2, 0) is 0 Å². The van der Waals surface area contributed by atoms with Gasteiger partial charge in [-0.2, -0.15) is 0 Å². The monoisotopic (exact) mass is 359 g/mol. The Morgan fingerprint density at radius 3 is 2.58 bits per heavy atom. The first-order chi connectivity index (χ1) is 8.99. The largest absolute Gasteiger partial charge is 0.506 e. The van der Waals surface area contributed by atoms with Gasteiger partial charge in [0, 0.05) is 5.56 Å². The van der Waals surface area contributed by atoms with Gasteiger partial charge in [-0.15, -0.1) is 0 Å². The summed E-state index contributed by atoms with van der Waals surface area (Å²) < 4.78 is 0.606. The van der Waals surface area contributed by atoms with Crippen molar-refractivity contribution in [3.05, 3.63) is 56.5 Å². The summed E-state index contributed by atoms with van der Waals surface area (Å²) in [4.78, 5) is 12.0. The zero-order valence-corrected chi connectivity index (χ0v) is 12.6. The molecule has 0 heterocycles. The van der Waals surface area contributed by atoms with Crippen molar-refractivity contribution < 1.29 is 9.90 Å². The fourth-order valence-electron chi connectivity index (χ4n) is 1.44. The number of amides is 1. The van der Waals surface area contributed by atoms with E-state index in [1.165, 1.54) is 18.2 Å². The Morgan fingerprint density at radius 2 is 1.89 bits per heavy atom. The first-order valence-corrected chi connectivity index (χ1v) is 6.78. The Hall–Kier alpha value is -1.23. The van der Waals surface area contributed by atoms with Crippen LogP contribution in [0.1, 0.15) is 10.4 Å². The fourth-order valence-corrected chi connectivity index (χ4v) is 2.16. The number of halogens is 3. The molecule has 2 rings (SSSR count). The van der Waals surface area contributed by atoms with Gasteiger partial charge in [0.05, 0.1) is 20.2 Å². The number of carbonyl (C=O) groups excluding carboxylic acids is 1. The topological polar surface area (TPSA) is 49.3 Å². The van der Waals surface area contributed by atoms with Crippen molar-refractivity contribution in [1.82, 2.24) is 0 Å². The van der Waals surface area contributed by atoms with Crippen molar-refractivity contribution >= 4 is 50.7 Å². The van der Waals surface area contributed by atoms with Gasteiger partial charge in [0.1, 0.15) is 5.75 Å². The molecule has 0 radical (unpaired) electrons. The van der Waals surface area contributed by atoms with E-state index in [-0.39, 0.29) is 16.7 Å². The summed E-state index contributed by atoms with van der Waals surface area (Å²) in [6.07, 6.45) is 0. The summed E-state index contributed by atoms with van der Waals surface area (Å²) in [6.45, 7) is 0. The molecule has 98 valence electrons. The Labute approximate surface area is 128 Å². The van der Waals surface area contributed by atoms with E-state index in [2.05, 4.69) is 21.2 Å². The molecular weight excluding hydrogens is 353 g/mol. The van der Waals surface area contributed by atoms with E-state index >= 15 is 0 Å². The molecule has 1 amide bonds. The van der Waals surface area contributed by atoms with Crippen molar-refractivity contribution in [3.8, 4) is 5.75 Å². The number of rotatable bonds is 2. The first-order valence-electron chi connectivity index (χ1n) is 5.23. The van der Waals surface area contributed by atoms with Crippen LogP contribution in [-0.4, -0.2) is 11.0 Å². The highest BCUT2D eigenvalue weighted by Crippen LogP contribution is 2.30. The average Bonchev–Trinajstić information content (AvgIpc) is 2.38. The lowest BCUT2D eigenvalue weighted by Crippen LogP contribution is -2.12. The number of nitrogens with one attached hydrogen (secondary N) is 1. The predicted octanol–water partition coefficient (Wildman–Crippen LogP) is 4.71. The quantitative estimate of drug-likeness (QED) is 0.814. The van der Waals surface area contributed by atoms with E-state index in [0.717, 1.165) is 0 Å². The second-order valence-electron chi connectivity index (χ2n) is 3.72. The number of benzene rings is 2. The van der Waals surface area contributed by atoms with Crippen molar-refractivity contribution in [2.24, 2.45) is 0 Å². The van der Waals surface area contributed by atoms with E-state index in [1.807, 2.05) is 0 Å². The standard InChI is InChI=1S/C13H8BrCl2NO2/c14-12-8(15)2-1-3-10(12)17-13(19)7-4-5-11(18)9(16)6-7/h1-6,18H,(H,17,19).